The molecular formula is C13H15. The molecule has 0 spiro atoms. The maximum absolute atomic E-state index is 3.11. The van der Waals surface area contributed by atoms with Crippen molar-refractivity contribution in [1.82, 2.24) is 0 Å². The minimum absolute atomic E-state index is 0.583. The normalized spacial score (nSPS) is 36.8. The van der Waals surface area contributed by atoms with Crippen LogP contribution in [0.2, 0.25) is 0 Å². The maximum Gasteiger partial charge on any atom is -0.00441 e. The van der Waals surface area contributed by atoms with Gasteiger partial charge >= 0.3 is 0 Å². The molecule has 0 saturated heterocycles. The van der Waals surface area contributed by atoms with Crippen LogP contribution in [0, 0.1) is 12.0 Å². The zero-order chi connectivity index (χ0) is 8.73. The Labute approximate surface area is 80.0 Å². The summed E-state index contributed by atoms with van der Waals surface area (Å²) in [5, 5.41) is 0. The van der Waals surface area contributed by atoms with Crippen molar-refractivity contribution in [1.29, 1.82) is 0 Å². The smallest absolute Gasteiger partial charge is 0.00441 e. The molecule has 0 heterocycles. The summed E-state index contributed by atoms with van der Waals surface area (Å²) in [5.41, 5.74) is 2.16. The Bertz CT molecular complexity index is 291. The van der Waals surface area contributed by atoms with E-state index in [-0.39, 0.29) is 0 Å². The van der Waals surface area contributed by atoms with E-state index in [2.05, 4.69) is 30.3 Å². The van der Waals surface area contributed by atoms with Gasteiger partial charge < -0.3 is 0 Å². The summed E-state index contributed by atoms with van der Waals surface area (Å²) in [5.74, 6) is 1.05. The van der Waals surface area contributed by atoms with Crippen LogP contribution in [-0.2, 0) is 5.41 Å². The van der Waals surface area contributed by atoms with Crippen LogP contribution < -0.4 is 0 Å². The van der Waals surface area contributed by atoms with Crippen molar-refractivity contribution in [3.63, 3.8) is 0 Å². The molecule has 0 amide bonds. The average Bonchev–Trinajstić information content (AvgIpc) is 2.80. The molecule has 0 unspecified atom stereocenters. The Morgan fingerprint density at radius 1 is 1.15 bits per heavy atom. The van der Waals surface area contributed by atoms with E-state index in [4.69, 9.17) is 0 Å². The van der Waals surface area contributed by atoms with Crippen LogP contribution in [0.15, 0.2) is 24.3 Å². The van der Waals surface area contributed by atoms with Crippen molar-refractivity contribution >= 4 is 0 Å². The van der Waals surface area contributed by atoms with Gasteiger partial charge in [0.05, 0.1) is 0 Å². The van der Waals surface area contributed by atoms with Crippen LogP contribution in [0.25, 0.3) is 0 Å². The zero-order valence-electron chi connectivity index (χ0n) is 7.92. The Morgan fingerprint density at radius 3 is 2.38 bits per heavy atom. The minimum Gasteiger partial charge on any atom is -0.0579 e. The van der Waals surface area contributed by atoms with E-state index >= 15 is 0 Å². The van der Waals surface area contributed by atoms with Gasteiger partial charge in [-0.15, -0.1) is 0 Å². The first-order chi connectivity index (χ1) is 6.39. The highest BCUT2D eigenvalue weighted by atomic mass is 14.5. The summed E-state index contributed by atoms with van der Waals surface area (Å²) >= 11 is 0. The molecule has 2 bridgehead atoms. The van der Waals surface area contributed by atoms with E-state index in [9.17, 15) is 0 Å². The highest BCUT2D eigenvalue weighted by Crippen LogP contribution is 2.55. The SMILES string of the molecule is [c]1ccc(C23CCC(CC2)C3)cc1. The molecule has 13 heavy (non-hydrogen) atoms. The maximum atomic E-state index is 3.11. The third kappa shape index (κ3) is 1.04. The second-order valence-electron chi connectivity index (χ2n) is 4.72. The van der Waals surface area contributed by atoms with Crippen molar-refractivity contribution in [3.05, 3.63) is 35.9 Å². The van der Waals surface area contributed by atoms with E-state index in [1.54, 1.807) is 5.56 Å². The second-order valence-corrected chi connectivity index (χ2v) is 4.72. The first-order valence-electron chi connectivity index (χ1n) is 5.36. The molecule has 0 aromatic heterocycles. The fourth-order valence-corrected chi connectivity index (χ4v) is 3.34. The van der Waals surface area contributed by atoms with Gasteiger partial charge in [0, 0.05) is 0 Å². The topological polar surface area (TPSA) is 0 Å². The largest absolute Gasteiger partial charge is 0.0579 e. The van der Waals surface area contributed by atoms with Gasteiger partial charge in [-0.05, 0) is 55.1 Å². The molecule has 0 aliphatic heterocycles. The summed E-state index contributed by atoms with van der Waals surface area (Å²) in [7, 11) is 0. The lowest BCUT2D eigenvalue weighted by Gasteiger charge is -2.26. The minimum atomic E-state index is 0.583. The number of hydrogen-bond donors (Lipinski definition) is 0. The lowest BCUT2D eigenvalue weighted by atomic mass is 9.78. The van der Waals surface area contributed by atoms with Gasteiger partial charge in [0.25, 0.3) is 0 Å². The van der Waals surface area contributed by atoms with Crippen LogP contribution in [0.1, 0.15) is 37.7 Å². The molecule has 1 radical (unpaired) electrons. The summed E-state index contributed by atoms with van der Waals surface area (Å²) in [6, 6.07) is 11.8. The molecule has 1 aromatic rings. The van der Waals surface area contributed by atoms with Crippen LogP contribution >= 0.6 is 0 Å². The zero-order valence-corrected chi connectivity index (χ0v) is 7.92. The Kier molecular flexibility index (Phi) is 1.52. The van der Waals surface area contributed by atoms with Gasteiger partial charge in [0.1, 0.15) is 0 Å². The summed E-state index contributed by atoms with van der Waals surface area (Å²) in [6.07, 6.45) is 7.26. The van der Waals surface area contributed by atoms with E-state index in [0.29, 0.717) is 5.41 Å². The molecule has 67 valence electrons. The van der Waals surface area contributed by atoms with E-state index in [0.717, 1.165) is 5.92 Å². The van der Waals surface area contributed by atoms with Gasteiger partial charge in [-0.2, -0.15) is 0 Å². The van der Waals surface area contributed by atoms with E-state index in [1.165, 1.54) is 32.1 Å². The van der Waals surface area contributed by atoms with E-state index < -0.39 is 0 Å². The lowest BCUT2D eigenvalue weighted by Crippen LogP contribution is -2.19. The van der Waals surface area contributed by atoms with Crippen LogP contribution in [0.4, 0.5) is 0 Å². The fourth-order valence-electron chi connectivity index (χ4n) is 3.34. The fraction of sp³-hybridized carbons (Fsp3) is 0.538. The van der Waals surface area contributed by atoms with Crippen molar-refractivity contribution in [2.75, 3.05) is 0 Å². The van der Waals surface area contributed by atoms with Crippen LogP contribution in [-0.4, -0.2) is 0 Å². The predicted octanol–water partition coefficient (Wildman–Crippen LogP) is 3.32. The van der Waals surface area contributed by atoms with Gasteiger partial charge in [-0.3, -0.25) is 0 Å². The first kappa shape index (κ1) is 7.61. The van der Waals surface area contributed by atoms with Gasteiger partial charge in [-0.25, -0.2) is 0 Å². The number of hydrogen-bond acceptors (Lipinski definition) is 0. The molecule has 0 nitrogen and oxygen atoms in total. The Hall–Kier alpha value is -0.780. The summed E-state index contributed by atoms with van der Waals surface area (Å²) < 4.78 is 0. The molecule has 2 fully saturated rings. The number of rotatable bonds is 1. The quantitative estimate of drug-likeness (QED) is 0.608. The van der Waals surface area contributed by atoms with Crippen molar-refractivity contribution in [2.45, 2.75) is 37.5 Å². The number of benzene rings is 1. The lowest BCUT2D eigenvalue weighted by molar-refractivity contribution is 0.419. The predicted molar refractivity (Wildman–Crippen MR) is 53.5 cm³/mol. The molecular weight excluding hydrogens is 156 g/mol. The number of fused-ring (bicyclic) bond motifs is 2. The summed E-state index contributed by atoms with van der Waals surface area (Å²) in [4.78, 5) is 0. The molecule has 0 N–H and O–H groups in total. The van der Waals surface area contributed by atoms with Crippen molar-refractivity contribution < 1.29 is 0 Å². The van der Waals surface area contributed by atoms with Gasteiger partial charge in [-0.1, -0.05) is 24.3 Å². The Balaban J connectivity index is 2.00. The average molecular weight is 171 g/mol. The van der Waals surface area contributed by atoms with Crippen LogP contribution in [0.3, 0.4) is 0 Å². The summed E-state index contributed by atoms with van der Waals surface area (Å²) in [6.45, 7) is 0. The van der Waals surface area contributed by atoms with Crippen molar-refractivity contribution in [2.24, 2.45) is 5.92 Å². The standard InChI is InChI=1S/C13H15/c1-2-4-12(5-3-1)13-8-6-11(10-13)7-9-13/h2-5,11H,6-10H2. The monoisotopic (exact) mass is 171 g/mol. The highest BCUT2D eigenvalue weighted by Gasteiger charge is 2.45. The molecule has 2 saturated carbocycles. The van der Waals surface area contributed by atoms with Gasteiger partial charge in [0.15, 0.2) is 0 Å². The molecule has 0 heteroatoms. The first-order valence-corrected chi connectivity index (χ1v) is 5.36. The van der Waals surface area contributed by atoms with Gasteiger partial charge in [0.2, 0.25) is 0 Å². The Morgan fingerprint density at radius 2 is 1.85 bits per heavy atom. The third-order valence-electron chi connectivity index (χ3n) is 4.07. The molecule has 0 atom stereocenters. The molecule has 2 aliphatic carbocycles. The molecule has 3 rings (SSSR count). The van der Waals surface area contributed by atoms with Crippen molar-refractivity contribution in [3.8, 4) is 0 Å². The second kappa shape index (κ2) is 2.60. The van der Waals surface area contributed by atoms with E-state index in [1.807, 2.05) is 0 Å². The molecule has 1 aromatic carbocycles. The highest BCUT2D eigenvalue weighted by molar-refractivity contribution is 5.28. The third-order valence-corrected chi connectivity index (χ3v) is 4.07. The van der Waals surface area contributed by atoms with Crippen LogP contribution in [0.5, 0.6) is 0 Å². The molecule has 2 aliphatic rings.